The van der Waals surface area contributed by atoms with Gasteiger partial charge in [-0.25, -0.2) is 13.4 Å². The van der Waals surface area contributed by atoms with Gasteiger partial charge in [-0.05, 0) is 87.5 Å². The van der Waals surface area contributed by atoms with Gasteiger partial charge in [0.05, 0.1) is 12.0 Å². The Labute approximate surface area is 233 Å². The standard InChI is InChI=1S/C29H43N5O4S/c1-5-34(39(36,37)29-22(2)18-26(38-4)19-23(29)3)17-12-28(35)31-25-10-15-33(16-11-25)27-9-8-24(20-30-27)21-32-13-6-7-14-32/h8-9,18-20,25H,5-7,10-17,21H2,1-4H3,(H,31,35). The number of nitrogens with one attached hydrogen (secondary N) is 1. The first kappa shape index (κ1) is 29.3. The molecule has 1 amide bonds. The molecule has 39 heavy (non-hydrogen) atoms. The topological polar surface area (TPSA) is 95.1 Å². The predicted octanol–water partition coefficient (Wildman–Crippen LogP) is 3.49. The minimum atomic E-state index is -3.73. The maximum Gasteiger partial charge on any atom is 0.243 e. The predicted molar refractivity (Wildman–Crippen MR) is 154 cm³/mol. The van der Waals surface area contributed by atoms with Crippen molar-refractivity contribution in [1.82, 2.24) is 19.5 Å². The van der Waals surface area contributed by atoms with Crippen LogP contribution in [0.15, 0.2) is 35.4 Å². The Morgan fingerprint density at radius 1 is 1.10 bits per heavy atom. The van der Waals surface area contributed by atoms with Crippen molar-refractivity contribution in [2.24, 2.45) is 0 Å². The number of hydrogen-bond acceptors (Lipinski definition) is 7. The molecule has 2 aliphatic heterocycles. The van der Waals surface area contributed by atoms with Crippen LogP contribution in [0.1, 0.15) is 55.7 Å². The lowest BCUT2D eigenvalue weighted by Crippen LogP contribution is -2.45. The van der Waals surface area contributed by atoms with Crippen LogP contribution in [0.2, 0.25) is 0 Å². The van der Waals surface area contributed by atoms with Crippen LogP contribution in [-0.4, -0.2) is 80.9 Å². The number of benzene rings is 1. The van der Waals surface area contributed by atoms with Crippen molar-refractivity contribution in [3.8, 4) is 5.75 Å². The summed E-state index contributed by atoms with van der Waals surface area (Å²) < 4.78 is 33.5. The van der Waals surface area contributed by atoms with Crippen molar-refractivity contribution >= 4 is 21.7 Å². The molecule has 10 heteroatoms. The first-order valence-corrected chi connectivity index (χ1v) is 15.5. The zero-order valence-corrected chi connectivity index (χ0v) is 24.6. The molecule has 214 valence electrons. The monoisotopic (exact) mass is 557 g/mol. The largest absolute Gasteiger partial charge is 0.497 e. The molecular weight excluding hydrogens is 514 g/mol. The third-order valence-corrected chi connectivity index (χ3v) is 10.1. The average molecular weight is 558 g/mol. The Balaban J connectivity index is 1.25. The molecule has 1 aromatic carbocycles. The fourth-order valence-electron chi connectivity index (χ4n) is 5.69. The highest BCUT2D eigenvalue weighted by atomic mass is 32.2. The molecule has 2 aromatic rings. The Hall–Kier alpha value is -2.69. The number of likely N-dealkylation sites (tertiary alicyclic amines) is 1. The van der Waals surface area contributed by atoms with E-state index in [0.717, 1.165) is 38.3 Å². The van der Waals surface area contributed by atoms with Crippen molar-refractivity contribution in [3.05, 3.63) is 47.2 Å². The van der Waals surface area contributed by atoms with Gasteiger partial charge in [0.15, 0.2) is 0 Å². The number of aryl methyl sites for hydroxylation is 2. The van der Waals surface area contributed by atoms with Gasteiger partial charge in [0.25, 0.3) is 0 Å². The molecule has 4 rings (SSSR count). The van der Waals surface area contributed by atoms with Crippen LogP contribution in [0.5, 0.6) is 5.75 Å². The smallest absolute Gasteiger partial charge is 0.243 e. The maximum absolute atomic E-state index is 13.4. The molecule has 0 spiro atoms. The van der Waals surface area contributed by atoms with E-state index in [-0.39, 0.29) is 29.8 Å². The second-order valence-electron chi connectivity index (χ2n) is 10.7. The van der Waals surface area contributed by atoms with E-state index in [2.05, 4.69) is 27.2 Å². The van der Waals surface area contributed by atoms with Gasteiger partial charge in [-0.1, -0.05) is 13.0 Å². The maximum atomic E-state index is 13.4. The fourth-order valence-corrected chi connectivity index (χ4v) is 7.55. The van der Waals surface area contributed by atoms with Crippen LogP contribution in [0.3, 0.4) is 0 Å². The van der Waals surface area contributed by atoms with Crippen molar-refractivity contribution in [2.45, 2.75) is 70.4 Å². The number of nitrogens with zero attached hydrogens (tertiary/aromatic N) is 4. The van der Waals surface area contributed by atoms with Gasteiger partial charge in [-0.15, -0.1) is 0 Å². The third-order valence-electron chi connectivity index (χ3n) is 7.81. The molecule has 2 aliphatic rings. The summed E-state index contributed by atoms with van der Waals surface area (Å²) in [7, 11) is -2.17. The Morgan fingerprint density at radius 2 is 1.77 bits per heavy atom. The van der Waals surface area contributed by atoms with Gasteiger partial charge in [0.1, 0.15) is 11.6 Å². The molecular formula is C29H43N5O4S. The number of pyridine rings is 1. The number of piperidine rings is 1. The van der Waals surface area contributed by atoms with Crippen LogP contribution in [0, 0.1) is 13.8 Å². The van der Waals surface area contributed by atoms with Crippen LogP contribution in [0.4, 0.5) is 5.82 Å². The highest BCUT2D eigenvalue weighted by Gasteiger charge is 2.28. The van der Waals surface area contributed by atoms with Gasteiger partial charge >= 0.3 is 0 Å². The molecule has 2 fully saturated rings. The molecule has 0 aliphatic carbocycles. The van der Waals surface area contributed by atoms with E-state index in [9.17, 15) is 13.2 Å². The second-order valence-corrected chi connectivity index (χ2v) is 12.5. The van der Waals surface area contributed by atoms with E-state index in [1.807, 2.05) is 6.20 Å². The Bertz CT molecular complexity index is 1200. The molecule has 1 N–H and O–H groups in total. The van der Waals surface area contributed by atoms with Crippen molar-refractivity contribution in [2.75, 3.05) is 51.3 Å². The minimum Gasteiger partial charge on any atom is -0.497 e. The van der Waals surface area contributed by atoms with E-state index in [1.165, 1.54) is 35.8 Å². The molecule has 0 radical (unpaired) electrons. The number of ether oxygens (including phenoxy) is 1. The van der Waals surface area contributed by atoms with Gasteiger partial charge in [-0.3, -0.25) is 9.69 Å². The number of amides is 1. The van der Waals surface area contributed by atoms with Gasteiger partial charge in [0, 0.05) is 51.4 Å². The second kappa shape index (κ2) is 13.1. The number of hydrogen-bond donors (Lipinski definition) is 1. The van der Waals surface area contributed by atoms with E-state index >= 15 is 0 Å². The number of carbonyl (C=O) groups is 1. The van der Waals surface area contributed by atoms with Crippen LogP contribution in [-0.2, 0) is 21.4 Å². The normalized spacial score (nSPS) is 17.1. The van der Waals surface area contributed by atoms with Crippen molar-refractivity contribution < 1.29 is 17.9 Å². The van der Waals surface area contributed by atoms with Crippen molar-refractivity contribution in [1.29, 1.82) is 0 Å². The molecule has 0 atom stereocenters. The number of sulfonamides is 1. The average Bonchev–Trinajstić information content (AvgIpc) is 3.42. The third kappa shape index (κ3) is 7.29. The number of rotatable bonds is 11. The summed E-state index contributed by atoms with van der Waals surface area (Å²) in [5.74, 6) is 1.50. The van der Waals surface area contributed by atoms with Gasteiger partial charge in [0.2, 0.25) is 15.9 Å². The Morgan fingerprint density at radius 3 is 2.33 bits per heavy atom. The first-order valence-electron chi connectivity index (χ1n) is 14.1. The number of aromatic nitrogens is 1. The minimum absolute atomic E-state index is 0.0842. The molecule has 0 bridgehead atoms. The number of methoxy groups -OCH3 is 1. The van der Waals surface area contributed by atoms with Gasteiger partial charge < -0.3 is 15.0 Å². The summed E-state index contributed by atoms with van der Waals surface area (Å²) in [6, 6.07) is 7.82. The zero-order valence-electron chi connectivity index (χ0n) is 23.8. The summed E-state index contributed by atoms with van der Waals surface area (Å²) in [6.45, 7) is 10.8. The molecule has 3 heterocycles. The summed E-state index contributed by atoms with van der Waals surface area (Å²) in [4.78, 5) is 22.5. The number of carbonyl (C=O) groups excluding carboxylic acids is 1. The summed E-state index contributed by atoms with van der Waals surface area (Å²) in [6.07, 6.45) is 6.36. The van der Waals surface area contributed by atoms with Gasteiger partial charge in [-0.2, -0.15) is 4.31 Å². The van der Waals surface area contributed by atoms with E-state index in [0.29, 0.717) is 23.4 Å². The summed E-state index contributed by atoms with van der Waals surface area (Å²) in [5, 5.41) is 3.12. The summed E-state index contributed by atoms with van der Waals surface area (Å²) in [5.41, 5.74) is 2.53. The van der Waals surface area contributed by atoms with Crippen LogP contribution in [0.25, 0.3) is 0 Å². The molecule has 0 unspecified atom stereocenters. The zero-order chi connectivity index (χ0) is 28.0. The lowest BCUT2D eigenvalue weighted by atomic mass is 10.0. The SMILES string of the molecule is CCN(CCC(=O)NC1CCN(c2ccc(CN3CCCC3)cn2)CC1)S(=O)(=O)c1c(C)cc(OC)cc1C. The van der Waals surface area contributed by atoms with Crippen LogP contribution >= 0.6 is 0 Å². The molecule has 0 saturated carbocycles. The Kier molecular flexibility index (Phi) is 9.85. The van der Waals surface area contributed by atoms with E-state index in [4.69, 9.17) is 9.72 Å². The highest BCUT2D eigenvalue weighted by molar-refractivity contribution is 7.89. The lowest BCUT2D eigenvalue weighted by Gasteiger charge is -2.33. The summed E-state index contributed by atoms with van der Waals surface area (Å²) >= 11 is 0. The highest BCUT2D eigenvalue weighted by Crippen LogP contribution is 2.28. The lowest BCUT2D eigenvalue weighted by molar-refractivity contribution is -0.122. The molecule has 9 nitrogen and oxygen atoms in total. The van der Waals surface area contributed by atoms with E-state index in [1.54, 1.807) is 40.0 Å². The molecule has 1 aromatic heterocycles. The molecule has 2 saturated heterocycles. The van der Waals surface area contributed by atoms with Crippen molar-refractivity contribution in [3.63, 3.8) is 0 Å². The fraction of sp³-hybridized carbons (Fsp3) is 0.586. The first-order chi connectivity index (χ1) is 18.7. The van der Waals surface area contributed by atoms with Crippen LogP contribution < -0.4 is 15.0 Å². The number of anilines is 1. The van der Waals surface area contributed by atoms with E-state index < -0.39 is 10.0 Å². The quantitative estimate of drug-likeness (QED) is 0.452.